The molecule has 0 atom stereocenters. The standard InChI is InChI=1S/C14H18N2S.ClH/c1-16(8-7-14-6-3-9-17-14)11-12-4-2-5-13(15)10-12;/h2-6,9-10H,7-8,11,15H2,1H3;1H. The van der Waals surface area contributed by atoms with Crippen LogP contribution < -0.4 is 5.73 Å². The summed E-state index contributed by atoms with van der Waals surface area (Å²) in [5.74, 6) is 0. The molecule has 1 heterocycles. The van der Waals surface area contributed by atoms with Crippen molar-refractivity contribution >= 4 is 29.4 Å². The van der Waals surface area contributed by atoms with Crippen molar-refractivity contribution in [2.24, 2.45) is 0 Å². The van der Waals surface area contributed by atoms with Crippen LogP contribution in [0.5, 0.6) is 0 Å². The smallest absolute Gasteiger partial charge is 0.0317 e. The average molecular weight is 283 g/mol. The van der Waals surface area contributed by atoms with E-state index < -0.39 is 0 Å². The van der Waals surface area contributed by atoms with Crippen LogP contribution in [0.1, 0.15) is 10.4 Å². The fourth-order valence-corrected chi connectivity index (χ4v) is 2.54. The maximum Gasteiger partial charge on any atom is 0.0317 e. The van der Waals surface area contributed by atoms with Crippen molar-refractivity contribution in [2.75, 3.05) is 19.3 Å². The molecule has 0 radical (unpaired) electrons. The van der Waals surface area contributed by atoms with Gasteiger partial charge in [0, 0.05) is 23.7 Å². The van der Waals surface area contributed by atoms with Crippen molar-refractivity contribution < 1.29 is 0 Å². The molecule has 98 valence electrons. The SMILES string of the molecule is CN(CCc1cccs1)Cc1cccc(N)c1.Cl. The van der Waals surface area contributed by atoms with Crippen molar-refractivity contribution in [2.45, 2.75) is 13.0 Å². The molecule has 0 aliphatic rings. The minimum absolute atomic E-state index is 0. The predicted octanol–water partition coefficient (Wildman–Crippen LogP) is 3.43. The summed E-state index contributed by atoms with van der Waals surface area (Å²) in [5.41, 5.74) is 7.89. The van der Waals surface area contributed by atoms with Crippen molar-refractivity contribution in [3.05, 3.63) is 52.2 Å². The number of nitrogen functional groups attached to an aromatic ring is 1. The third-order valence-corrected chi connectivity index (χ3v) is 3.66. The first-order chi connectivity index (χ1) is 8.24. The van der Waals surface area contributed by atoms with Crippen LogP contribution in [0.15, 0.2) is 41.8 Å². The summed E-state index contributed by atoms with van der Waals surface area (Å²) in [7, 11) is 2.15. The number of benzene rings is 1. The summed E-state index contributed by atoms with van der Waals surface area (Å²) in [5, 5.41) is 2.13. The summed E-state index contributed by atoms with van der Waals surface area (Å²) >= 11 is 1.83. The Morgan fingerprint density at radius 1 is 1.22 bits per heavy atom. The van der Waals surface area contributed by atoms with Gasteiger partial charge in [0.2, 0.25) is 0 Å². The van der Waals surface area contributed by atoms with E-state index in [0.29, 0.717) is 0 Å². The molecule has 0 fully saturated rings. The number of hydrogen-bond donors (Lipinski definition) is 1. The van der Waals surface area contributed by atoms with Gasteiger partial charge in [0.1, 0.15) is 0 Å². The van der Waals surface area contributed by atoms with Crippen LogP contribution in [0.2, 0.25) is 0 Å². The fraction of sp³-hybridized carbons (Fsp3) is 0.286. The zero-order valence-corrected chi connectivity index (χ0v) is 12.1. The molecule has 2 nitrogen and oxygen atoms in total. The molecular formula is C14H19ClN2S. The Hall–Kier alpha value is -1.03. The third kappa shape index (κ3) is 4.69. The second-order valence-electron chi connectivity index (χ2n) is 4.31. The topological polar surface area (TPSA) is 29.3 Å². The lowest BCUT2D eigenvalue weighted by atomic mass is 10.2. The van der Waals surface area contributed by atoms with E-state index in [4.69, 9.17) is 5.73 Å². The van der Waals surface area contributed by atoms with E-state index in [-0.39, 0.29) is 12.4 Å². The Morgan fingerprint density at radius 2 is 2.06 bits per heavy atom. The molecule has 2 rings (SSSR count). The van der Waals surface area contributed by atoms with Crippen LogP contribution in [-0.2, 0) is 13.0 Å². The molecular weight excluding hydrogens is 264 g/mol. The third-order valence-electron chi connectivity index (χ3n) is 2.72. The summed E-state index contributed by atoms with van der Waals surface area (Å²) in [6.07, 6.45) is 1.12. The highest BCUT2D eigenvalue weighted by molar-refractivity contribution is 7.09. The second-order valence-corrected chi connectivity index (χ2v) is 5.34. The Labute approximate surface area is 119 Å². The average Bonchev–Trinajstić information content (AvgIpc) is 2.79. The molecule has 0 aliphatic carbocycles. The Morgan fingerprint density at radius 3 is 2.72 bits per heavy atom. The van der Waals surface area contributed by atoms with Crippen LogP contribution >= 0.6 is 23.7 Å². The van der Waals surface area contributed by atoms with Crippen LogP contribution in [0.4, 0.5) is 5.69 Å². The van der Waals surface area contributed by atoms with Crippen molar-refractivity contribution in [1.82, 2.24) is 4.90 Å². The summed E-state index contributed by atoms with van der Waals surface area (Å²) in [6, 6.07) is 12.4. The van der Waals surface area contributed by atoms with E-state index in [9.17, 15) is 0 Å². The van der Waals surface area contributed by atoms with Gasteiger partial charge in [-0.05, 0) is 42.6 Å². The highest BCUT2D eigenvalue weighted by Crippen LogP contribution is 2.12. The van der Waals surface area contributed by atoms with E-state index in [0.717, 1.165) is 25.2 Å². The molecule has 0 spiro atoms. The van der Waals surface area contributed by atoms with Crippen LogP contribution in [0, 0.1) is 0 Å². The van der Waals surface area contributed by atoms with E-state index in [1.165, 1.54) is 10.4 Å². The Balaban J connectivity index is 0.00000162. The first-order valence-corrected chi connectivity index (χ1v) is 6.67. The number of hydrogen-bond acceptors (Lipinski definition) is 3. The van der Waals surface area contributed by atoms with Crippen LogP contribution in [-0.4, -0.2) is 18.5 Å². The number of nitrogens with zero attached hydrogens (tertiary/aromatic N) is 1. The molecule has 0 bridgehead atoms. The van der Waals surface area contributed by atoms with Gasteiger partial charge in [0.05, 0.1) is 0 Å². The molecule has 2 N–H and O–H groups in total. The molecule has 18 heavy (non-hydrogen) atoms. The van der Waals surface area contributed by atoms with Gasteiger partial charge in [-0.3, -0.25) is 0 Å². The molecule has 4 heteroatoms. The highest BCUT2D eigenvalue weighted by Gasteiger charge is 2.02. The van der Waals surface area contributed by atoms with Crippen molar-refractivity contribution in [3.63, 3.8) is 0 Å². The molecule has 0 saturated heterocycles. The largest absolute Gasteiger partial charge is 0.399 e. The van der Waals surface area contributed by atoms with Crippen molar-refractivity contribution in [3.8, 4) is 0 Å². The van der Waals surface area contributed by atoms with Gasteiger partial charge in [-0.25, -0.2) is 0 Å². The van der Waals surface area contributed by atoms with Crippen LogP contribution in [0.25, 0.3) is 0 Å². The van der Waals surface area contributed by atoms with Gasteiger partial charge in [0.15, 0.2) is 0 Å². The number of nitrogens with two attached hydrogens (primary N) is 1. The highest BCUT2D eigenvalue weighted by atomic mass is 35.5. The second kappa shape index (κ2) is 7.41. The van der Waals surface area contributed by atoms with Crippen LogP contribution in [0.3, 0.4) is 0 Å². The summed E-state index contributed by atoms with van der Waals surface area (Å²) in [4.78, 5) is 3.78. The predicted molar refractivity (Wildman–Crippen MR) is 82.5 cm³/mol. The summed E-state index contributed by atoms with van der Waals surface area (Å²) in [6.45, 7) is 2.03. The molecule has 1 aromatic heterocycles. The van der Waals surface area contributed by atoms with Gasteiger partial charge in [-0.2, -0.15) is 0 Å². The van der Waals surface area contributed by atoms with Gasteiger partial charge in [-0.15, -0.1) is 23.7 Å². The molecule has 2 aromatic rings. The fourth-order valence-electron chi connectivity index (χ4n) is 1.84. The minimum Gasteiger partial charge on any atom is -0.399 e. The first-order valence-electron chi connectivity index (χ1n) is 5.79. The van der Waals surface area contributed by atoms with E-state index >= 15 is 0 Å². The zero-order valence-electron chi connectivity index (χ0n) is 10.5. The van der Waals surface area contributed by atoms with E-state index in [1.54, 1.807) is 0 Å². The number of thiophene rings is 1. The summed E-state index contributed by atoms with van der Waals surface area (Å²) < 4.78 is 0. The van der Waals surface area contributed by atoms with Gasteiger partial charge < -0.3 is 10.6 Å². The number of likely N-dealkylation sites (N-methyl/N-ethyl adjacent to an activating group) is 1. The van der Waals surface area contributed by atoms with Gasteiger partial charge in [-0.1, -0.05) is 18.2 Å². The molecule has 0 amide bonds. The number of halogens is 1. The molecule has 0 saturated carbocycles. The molecule has 1 aromatic carbocycles. The molecule has 0 unspecified atom stereocenters. The van der Waals surface area contributed by atoms with E-state index in [1.807, 2.05) is 29.5 Å². The number of rotatable bonds is 5. The number of anilines is 1. The maximum absolute atomic E-state index is 5.77. The normalized spacial score (nSPS) is 10.3. The van der Waals surface area contributed by atoms with Gasteiger partial charge >= 0.3 is 0 Å². The Bertz CT molecular complexity index is 457. The first kappa shape index (κ1) is 15.0. The van der Waals surface area contributed by atoms with Gasteiger partial charge in [0.25, 0.3) is 0 Å². The lowest BCUT2D eigenvalue weighted by molar-refractivity contribution is 0.332. The maximum atomic E-state index is 5.77. The zero-order chi connectivity index (χ0) is 12.1. The van der Waals surface area contributed by atoms with E-state index in [2.05, 4.69) is 35.5 Å². The van der Waals surface area contributed by atoms with Crippen molar-refractivity contribution in [1.29, 1.82) is 0 Å². The Kier molecular flexibility index (Phi) is 6.19. The minimum atomic E-state index is 0. The monoisotopic (exact) mass is 282 g/mol. The lowest BCUT2D eigenvalue weighted by Crippen LogP contribution is -2.20. The quantitative estimate of drug-likeness (QED) is 0.852. The lowest BCUT2D eigenvalue weighted by Gasteiger charge is -2.16. The molecule has 0 aliphatic heterocycles.